The van der Waals surface area contributed by atoms with Crippen molar-refractivity contribution in [1.82, 2.24) is 14.9 Å². The monoisotopic (exact) mass is 389 g/mol. The molecular weight excluding hydrogens is 358 g/mol. The van der Waals surface area contributed by atoms with Crippen LogP contribution in [0.5, 0.6) is 0 Å². The number of rotatable bonds is 3. The lowest BCUT2D eigenvalue weighted by molar-refractivity contribution is 0.0152. The molecule has 2 aliphatic rings. The predicted octanol–water partition coefficient (Wildman–Crippen LogP) is 2.44. The van der Waals surface area contributed by atoms with Crippen molar-refractivity contribution >= 4 is 17.8 Å². The quantitative estimate of drug-likeness (QED) is 0.852. The van der Waals surface area contributed by atoms with E-state index in [1.54, 1.807) is 6.07 Å². The molecule has 0 atom stereocenters. The summed E-state index contributed by atoms with van der Waals surface area (Å²) in [5, 5.41) is 0. The van der Waals surface area contributed by atoms with Crippen molar-refractivity contribution in [2.45, 2.75) is 52.1 Å². The van der Waals surface area contributed by atoms with Crippen LogP contribution in [0, 0.1) is 11.8 Å². The fraction of sp³-hybridized carbons (Fsp3) is 0.700. The highest BCUT2D eigenvalue weighted by Gasteiger charge is 2.32. The topological polar surface area (TPSA) is 102 Å². The Hall–Kier alpha value is -2.38. The lowest BCUT2D eigenvalue weighted by atomic mass is 9.79. The number of hydrogen-bond acceptors (Lipinski definition) is 6. The fourth-order valence-corrected chi connectivity index (χ4v) is 4.13. The second-order valence-corrected chi connectivity index (χ2v) is 8.75. The largest absolute Gasteiger partial charge is 0.444 e. The standard InChI is InChI=1S/C20H31N5O3/c1-20(2,3)28-19(27)25-10-6-15(7-11-25)14-4-8-24(9-5-14)17-12-16(18(21)26)22-13-23-17/h12-15H,4-11H2,1-3H3,(H2,21,26). The van der Waals surface area contributed by atoms with Crippen LogP contribution in [0.1, 0.15) is 56.9 Å². The highest BCUT2D eigenvalue weighted by atomic mass is 16.6. The maximum Gasteiger partial charge on any atom is 0.410 e. The fourth-order valence-electron chi connectivity index (χ4n) is 4.13. The Morgan fingerprint density at radius 1 is 1.04 bits per heavy atom. The lowest BCUT2D eigenvalue weighted by Gasteiger charge is -2.40. The van der Waals surface area contributed by atoms with E-state index in [0.717, 1.165) is 57.7 Å². The van der Waals surface area contributed by atoms with Gasteiger partial charge in [0.2, 0.25) is 0 Å². The zero-order valence-corrected chi connectivity index (χ0v) is 17.1. The molecule has 8 nitrogen and oxygen atoms in total. The van der Waals surface area contributed by atoms with E-state index in [2.05, 4.69) is 14.9 Å². The smallest absolute Gasteiger partial charge is 0.410 e. The first-order valence-electron chi connectivity index (χ1n) is 10.1. The van der Waals surface area contributed by atoms with Gasteiger partial charge in [0, 0.05) is 32.2 Å². The summed E-state index contributed by atoms with van der Waals surface area (Å²) in [7, 11) is 0. The number of aromatic nitrogens is 2. The number of anilines is 1. The molecule has 28 heavy (non-hydrogen) atoms. The SMILES string of the molecule is CC(C)(C)OC(=O)N1CCC(C2CCN(c3cc(C(N)=O)ncn3)CC2)CC1. The molecule has 1 aromatic rings. The third kappa shape index (κ3) is 5.11. The van der Waals surface area contributed by atoms with Gasteiger partial charge in [0.15, 0.2) is 0 Å². The van der Waals surface area contributed by atoms with Gasteiger partial charge >= 0.3 is 6.09 Å². The third-order valence-corrected chi connectivity index (χ3v) is 5.63. The predicted molar refractivity (Wildman–Crippen MR) is 106 cm³/mol. The van der Waals surface area contributed by atoms with Gasteiger partial charge in [0.1, 0.15) is 23.4 Å². The third-order valence-electron chi connectivity index (χ3n) is 5.63. The van der Waals surface area contributed by atoms with Crippen LogP contribution >= 0.6 is 0 Å². The second kappa shape index (κ2) is 8.32. The maximum atomic E-state index is 12.2. The summed E-state index contributed by atoms with van der Waals surface area (Å²) in [4.78, 5) is 35.8. The van der Waals surface area contributed by atoms with Crippen molar-refractivity contribution in [2.75, 3.05) is 31.1 Å². The minimum absolute atomic E-state index is 0.199. The van der Waals surface area contributed by atoms with Gasteiger partial charge in [-0.15, -0.1) is 0 Å². The van der Waals surface area contributed by atoms with Crippen LogP contribution in [0.2, 0.25) is 0 Å². The van der Waals surface area contributed by atoms with Gasteiger partial charge in [-0.05, 0) is 58.3 Å². The number of likely N-dealkylation sites (tertiary alicyclic amines) is 1. The van der Waals surface area contributed by atoms with Crippen molar-refractivity contribution in [1.29, 1.82) is 0 Å². The van der Waals surface area contributed by atoms with Gasteiger partial charge in [0.05, 0.1) is 0 Å². The molecule has 2 amide bonds. The van der Waals surface area contributed by atoms with E-state index in [0.29, 0.717) is 11.8 Å². The highest BCUT2D eigenvalue weighted by molar-refractivity contribution is 5.91. The van der Waals surface area contributed by atoms with Gasteiger partial charge in [-0.25, -0.2) is 14.8 Å². The molecule has 3 heterocycles. The average Bonchev–Trinajstić information content (AvgIpc) is 2.67. The summed E-state index contributed by atoms with van der Waals surface area (Å²) >= 11 is 0. The zero-order valence-electron chi connectivity index (χ0n) is 17.1. The van der Waals surface area contributed by atoms with Crippen LogP contribution in [-0.2, 0) is 4.74 Å². The van der Waals surface area contributed by atoms with Crippen molar-refractivity contribution < 1.29 is 14.3 Å². The number of ether oxygens (including phenoxy) is 1. The van der Waals surface area contributed by atoms with Gasteiger partial charge in [-0.2, -0.15) is 0 Å². The number of primary amides is 1. The first-order chi connectivity index (χ1) is 13.2. The van der Waals surface area contributed by atoms with Crippen LogP contribution in [0.15, 0.2) is 12.4 Å². The minimum atomic E-state index is -0.532. The Morgan fingerprint density at radius 3 is 2.14 bits per heavy atom. The number of carbonyl (C=O) groups is 2. The van der Waals surface area contributed by atoms with E-state index in [4.69, 9.17) is 10.5 Å². The van der Waals surface area contributed by atoms with E-state index in [1.807, 2.05) is 25.7 Å². The van der Waals surface area contributed by atoms with Crippen LogP contribution in [0.25, 0.3) is 0 Å². The molecule has 3 rings (SSSR count). The number of carbonyl (C=O) groups excluding carboxylic acids is 2. The van der Waals surface area contributed by atoms with E-state index < -0.39 is 11.5 Å². The van der Waals surface area contributed by atoms with Gasteiger partial charge in [-0.3, -0.25) is 4.79 Å². The molecule has 8 heteroatoms. The van der Waals surface area contributed by atoms with Crippen LogP contribution in [-0.4, -0.2) is 58.6 Å². The van der Waals surface area contributed by atoms with Gasteiger partial charge < -0.3 is 20.3 Å². The molecule has 0 saturated carbocycles. The molecular formula is C20H31N5O3. The molecule has 1 aromatic heterocycles. The van der Waals surface area contributed by atoms with Crippen molar-refractivity contribution in [3.63, 3.8) is 0 Å². The Balaban J connectivity index is 1.48. The maximum absolute atomic E-state index is 12.2. The molecule has 0 unspecified atom stereocenters. The van der Waals surface area contributed by atoms with E-state index in [1.165, 1.54) is 6.33 Å². The van der Waals surface area contributed by atoms with Gasteiger partial charge in [0.25, 0.3) is 5.91 Å². The Morgan fingerprint density at radius 2 is 1.61 bits per heavy atom. The molecule has 2 aliphatic heterocycles. The van der Waals surface area contributed by atoms with Crippen molar-refractivity contribution in [3.05, 3.63) is 18.1 Å². The first-order valence-corrected chi connectivity index (χ1v) is 10.1. The molecule has 0 bridgehead atoms. The Labute approximate surface area is 166 Å². The Kier molecular flexibility index (Phi) is 6.05. The van der Waals surface area contributed by atoms with E-state index in [9.17, 15) is 9.59 Å². The summed E-state index contributed by atoms with van der Waals surface area (Å²) in [5.74, 6) is 1.54. The van der Waals surface area contributed by atoms with Crippen molar-refractivity contribution in [2.24, 2.45) is 17.6 Å². The minimum Gasteiger partial charge on any atom is -0.444 e. The summed E-state index contributed by atoms with van der Waals surface area (Å²) in [6.45, 7) is 9.06. The number of nitrogens with zero attached hydrogens (tertiary/aromatic N) is 4. The summed E-state index contributed by atoms with van der Waals surface area (Å²) in [5.41, 5.74) is 5.12. The van der Waals surface area contributed by atoms with Crippen molar-refractivity contribution in [3.8, 4) is 0 Å². The Bertz CT molecular complexity index is 702. The van der Waals surface area contributed by atoms with Gasteiger partial charge in [-0.1, -0.05) is 0 Å². The molecule has 0 radical (unpaired) electrons. The normalized spacial score (nSPS) is 19.5. The molecule has 2 N–H and O–H groups in total. The van der Waals surface area contributed by atoms with E-state index in [-0.39, 0.29) is 11.8 Å². The van der Waals surface area contributed by atoms with Crippen LogP contribution < -0.4 is 10.6 Å². The molecule has 154 valence electrons. The lowest BCUT2D eigenvalue weighted by Crippen LogP contribution is -2.44. The molecule has 2 fully saturated rings. The summed E-state index contributed by atoms with van der Waals surface area (Å²) in [6.07, 6.45) is 5.44. The number of hydrogen-bond donors (Lipinski definition) is 1. The molecule has 2 saturated heterocycles. The van der Waals surface area contributed by atoms with Crippen LogP contribution in [0.4, 0.5) is 10.6 Å². The summed E-state index contributed by atoms with van der Waals surface area (Å²) in [6, 6.07) is 1.67. The van der Waals surface area contributed by atoms with Crippen LogP contribution in [0.3, 0.4) is 0 Å². The van der Waals surface area contributed by atoms with E-state index >= 15 is 0 Å². The zero-order chi connectivity index (χ0) is 20.3. The summed E-state index contributed by atoms with van der Waals surface area (Å²) < 4.78 is 5.48. The molecule has 0 aromatic carbocycles. The first kappa shape index (κ1) is 20.4. The number of nitrogens with two attached hydrogens (primary N) is 1. The second-order valence-electron chi connectivity index (χ2n) is 8.75. The number of amides is 2. The molecule has 0 aliphatic carbocycles. The number of piperidine rings is 2. The average molecular weight is 390 g/mol. The molecule has 0 spiro atoms. The highest BCUT2D eigenvalue weighted by Crippen LogP contribution is 2.33.